The molecule has 0 aliphatic rings. The van der Waals surface area contributed by atoms with E-state index in [0.717, 1.165) is 16.3 Å². The molecule has 0 heterocycles. The molecule has 0 aromatic heterocycles. The Balaban J connectivity index is 0.000001000. The molecule has 0 saturated carbocycles. The highest BCUT2D eigenvalue weighted by atomic mass is 35.5. The van der Waals surface area contributed by atoms with Crippen molar-refractivity contribution in [2.45, 2.75) is 6.92 Å². The lowest BCUT2D eigenvalue weighted by atomic mass is 10.2. The van der Waals surface area contributed by atoms with Gasteiger partial charge in [-0.2, -0.15) is 0 Å². The van der Waals surface area contributed by atoms with Gasteiger partial charge in [-0.15, -0.1) is 12.4 Å². The molecule has 1 rings (SSSR count). The van der Waals surface area contributed by atoms with Crippen molar-refractivity contribution in [1.29, 1.82) is 0 Å². The number of rotatable bonds is 1. The van der Waals surface area contributed by atoms with Crippen molar-refractivity contribution in [2.75, 3.05) is 12.4 Å². The van der Waals surface area contributed by atoms with Crippen molar-refractivity contribution in [3.63, 3.8) is 0 Å². The zero-order chi connectivity index (χ0) is 7.56. The second kappa shape index (κ2) is 4.47. The van der Waals surface area contributed by atoms with Crippen LogP contribution in [0.1, 0.15) is 5.56 Å². The minimum absolute atomic E-state index is 0. The van der Waals surface area contributed by atoms with Crippen molar-refractivity contribution < 1.29 is 0 Å². The Morgan fingerprint density at radius 2 is 2.00 bits per heavy atom. The summed E-state index contributed by atoms with van der Waals surface area (Å²) in [5.74, 6) is 0. The summed E-state index contributed by atoms with van der Waals surface area (Å²) >= 11 is 5.85. The molecule has 0 radical (unpaired) electrons. The fraction of sp³-hybridized carbons (Fsp3) is 0.250. The molecule has 0 aliphatic heterocycles. The van der Waals surface area contributed by atoms with Crippen LogP contribution in [0, 0.1) is 6.92 Å². The summed E-state index contributed by atoms with van der Waals surface area (Å²) in [7, 11) is 1.88. The van der Waals surface area contributed by atoms with Gasteiger partial charge in [-0.25, -0.2) is 0 Å². The molecule has 0 atom stereocenters. The standard InChI is InChI=1S/C8H10ClN.ClH/c1-6-3-4-7(10-2)5-8(6)9;/h3-5,10H,1-2H3;1H. The van der Waals surface area contributed by atoms with Crippen LogP contribution >= 0.6 is 24.0 Å². The second-order valence-corrected chi connectivity index (χ2v) is 2.62. The van der Waals surface area contributed by atoms with Gasteiger partial charge in [0, 0.05) is 17.8 Å². The van der Waals surface area contributed by atoms with Crippen molar-refractivity contribution in [2.24, 2.45) is 0 Å². The van der Waals surface area contributed by atoms with Crippen LogP contribution in [0.4, 0.5) is 5.69 Å². The Hall–Kier alpha value is -0.400. The number of benzene rings is 1. The van der Waals surface area contributed by atoms with Crippen LogP contribution in [0.25, 0.3) is 0 Å². The molecule has 11 heavy (non-hydrogen) atoms. The van der Waals surface area contributed by atoms with E-state index >= 15 is 0 Å². The van der Waals surface area contributed by atoms with Gasteiger partial charge in [0.1, 0.15) is 0 Å². The first-order valence-corrected chi connectivity index (χ1v) is 3.55. The maximum Gasteiger partial charge on any atom is 0.0455 e. The van der Waals surface area contributed by atoms with Crippen molar-refractivity contribution in [1.82, 2.24) is 0 Å². The third-order valence-electron chi connectivity index (χ3n) is 1.46. The van der Waals surface area contributed by atoms with E-state index in [2.05, 4.69) is 5.32 Å². The predicted octanol–water partition coefficient (Wildman–Crippen LogP) is 3.11. The van der Waals surface area contributed by atoms with E-state index < -0.39 is 0 Å². The predicted molar refractivity (Wildman–Crippen MR) is 53.0 cm³/mol. The summed E-state index contributed by atoms with van der Waals surface area (Å²) in [6.07, 6.45) is 0. The van der Waals surface area contributed by atoms with Gasteiger partial charge < -0.3 is 5.32 Å². The molecular weight excluding hydrogens is 181 g/mol. The highest BCUT2D eigenvalue weighted by Crippen LogP contribution is 2.18. The van der Waals surface area contributed by atoms with Gasteiger partial charge in [-0.05, 0) is 24.6 Å². The summed E-state index contributed by atoms with van der Waals surface area (Å²) < 4.78 is 0. The van der Waals surface area contributed by atoms with Crippen LogP contribution in [0.2, 0.25) is 5.02 Å². The minimum Gasteiger partial charge on any atom is -0.388 e. The monoisotopic (exact) mass is 191 g/mol. The molecule has 0 amide bonds. The molecule has 0 unspecified atom stereocenters. The summed E-state index contributed by atoms with van der Waals surface area (Å²) in [5, 5.41) is 3.82. The van der Waals surface area contributed by atoms with Crippen LogP contribution in [0.5, 0.6) is 0 Å². The zero-order valence-electron chi connectivity index (χ0n) is 6.52. The van der Waals surface area contributed by atoms with Crippen molar-refractivity contribution in [3.05, 3.63) is 28.8 Å². The quantitative estimate of drug-likeness (QED) is 0.720. The fourth-order valence-corrected chi connectivity index (χ4v) is 0.929. The van der Waals surface area contributed by atoms with Crippen LogP contribution in [-0.2, 0) is 0 Å². The highest BCUT2D eigenvalue weighted by molar-refractivity contribution is 6.31. The topological polar surface area (TPSA) is 12.0 Å². The lowest BCUT2D eigenvalue weighted by Gasteiger charge is -2.01. The Labute approximate surface area is 78.2 Å². The third kappa shape index (κ3) is 2.60. The largest absolute Gasteiger partial charge is 0.388 e. The molecule has 62 valence electrons. The van der Waals surface area contributed by atoms with Crippen LogP contribution in [0.15, 0.2) is 18.2 Å². The molecule has 0 fully saturated rings. The van der Waals surface area contributed by atoms with Crippen LogP contribution in [0.3, 0.4) is 0 Å². The second-order valence-electron chi connectivity index (χ2n) is 2.21. The molecular formula is C8H11Cl2N. The van der Waals surface area contributed by atoms with E-state index in [-0.39, 0.29) is 12.4 Å². The van der Waals surface area contributed by atoms with Crippen molar-refractivity contribution in [3.8, 4) is 0 Å². The first-order valence-electron chi connectivity index (χ1n) is 3.18. The van der Waals surface area contributed by atoms with E-state index in [9.17, 15) is 0 Å². The zero-order valence-corrected chi connectivity index (χ0v) is 8.09. The van der Waals surface area contributed by atoms with Crippen molar-refractivity contribution >= 4 is 29.7 Å². The third-order valence-corrected chi connectivity index (χ3v) is 1.87. The summed E-state index contributed by atoms with van der Waals surface area (Å²) in [4.78, 5) is 0. The summed E-state index contributed by atoms with van der Waals surface area (Å²) in [6.45, 7) is 1.99. The minimum atomic E-state index is 0. The van der Waals surface area contributed by atoms with Gasteiger partial charge in [-0.3, -0.25) is 0 Å². The SMILES string of the molecule is CNc1ccc(C)c(Cl)c1.Cl. The maximum absolute atomic E-state index is 5.85. The van der Waals surface area contributed by atoms with Gasteiger partial charge in [0.25, 0.3) is 0 Å². The lowest BCUT2D eigenvalue weighted by Crippen LogP contribution is -1.87. The van der Waals surface area contributed by atoms with Gasteiger partial charge in [-0.1, -0.05) is 17.7 Å². The summed E-state index contributed by atoms with van der Waals surface area (Å²) in [6, 6.07) is 5.91. The highest BCUT2D eigenvalue weighted by Gasteiger charge is 1.93. The molecule has 0 bridgehead atoms. The molecule has 1 aromatic rings. The molecule has 0 aliphatic carbocycles. The Kier molecular flexibility index (Phi) is 4.31. The van der Waals surface area contributed by atoms with Gasteiger partial charge in [0.05, 0.1) is 0 Å². The molecule has 1 nitrogen and oxygen atoms in total. The maximum atomic E-state index is 5.85. The fourth-order valence-electron chi connectivity index (χ4n) is 0.748. The summed E-state index contributed by atoms with van der Waals surface area (Å²) in [5.41, 5.74) is 2.16. The molecule has 0 saturated heterocycles. The van der Waals surface area contributed by atoms with Gasteiger partial charge in [0.2, 0.25) is 0 Å². The molecule has 3 heteroatoms. The molecule has 1 N–H and O–H groups in total. The van der Waals surface area contributed by atoms with Crippen LogP contribution in [-0.4, -0.2) is 7.05 Å². The smallest absolute Gasteiger partial charge is 0.0455 e. The van der Waals surface area contributed by atoms with E-state index in [1.165, 1.54) is 0 Å². The van der Waals surface area contributed by atoms with E-state index in [1.54, 1.807) is 0 Å². The average Bonchev–Trinajstić information content (AvgIpc) is 1.95. The number of halogens is 2. The normalized spacial score (nSPS) is 8.64. The molecule has 0 spiro atoms. The Bertz CT molecular complexity index is 236. The number of hydrogen-bond acceptors (Lipinski definition) is 1. The Morgan fingerprint density at radius 1 is 1.36 bits per heavy atom. The van der Waals surface area contributed by atoms with E-state index in [1.807, 2.05) is 32.2 Å². The number of anilines is 1. The Morgan fingerprint density at radius 3 is 2.45 bits per heavy atom. The first kappa shape index (κ1) is 10.6. The van der Waals surface area contributed by atoms with E-state index in [4.69, 9.17) is 11.6 Å². The number of nitrogens with one attached hydrogen (secondary N) is 1. The number of aryl methyl sites for hydroxylation is 1. The van der Waals surface area contributed by atoms with Gasteiger partial charge >= 0.3 is 0 Å². The average molecular weight is 192 g/mol. The molecule has 1 aromatic carbocycles. The number of hydrogen-bond donors (Lipinski definition) is 1. The van der Waals surface area contributed by atoms with E-state index in [0.29, 0.717) is 0 Å². The lowest BCUT2D eigenvalue weighted by molar-refractivity contribution is 1.44. The first-order chi connectivity index (χ1) is 4.74. The van der Waals surface area contributed by atoms with Crippen LogP contribution < -0.4 is 5.32 Å². The van der Waals surface area contributed by atoms with Gasteiger partial charge in [0.15, 0.2) is 0 Å².